The monoisotopic (exact) mass is 402 g/mol. The van der Waals surface area contributed by atoms with Gasteiger partial charge in [-0.3, -0.25) is 4.72 Å². The fourth-order valence-corrected chi connectivity index (χ4v) is 3.52. The average Bonchev–Trinajstić information content (AvgIpc) is 2.42. The summed E-state index contributed by atoms with van der Waals surface area (Å²) in [5, 5.41) is 10.9. The second kappa shape index (κ2) is 6.28. The van der Waals surface area contributed by atoms with Gasteiger partial charge in [0.15, 0.2) is 0 Å². The topological polar surface area (TPSA) is 86.3 Å². The number of carbonyl (C=O) groups is 1. The van der Waals surface area contributed by atoms with E-state index in [-0.39, 0.29) is 15.5 Å². The highest BCUT2D eigenvalue weighted by Crippen LogP contribution is 2.27. The third-order valence-electron chi connectivity index (χ3n) is 2.83. The minimum Gasteiger partial charge on any atom is -0.545 e. The average molecular weight is 404 g/mol. The van der Waals surface area contributed by atoms with Crippen molar-refractivity contribution in [3.63, 3.8) is 0 Å². The van der Waals surface area contributed by atoms with Crippen LogP contribution in [-0.2, 0) is 10.0 Å². The first-order valence-electron chi connectivity index (χ1n) is 6.00. The van der Waals surface area contributed by atoms with Crippen LogP contribution in [0.4, 0.5) is 5.69 Å². The molecular formula is C14H10BrClNO4S-. The number of aromatic carboxylic acids is 1. The van der Waals surface area contributed by atoms with E-state index in [1.54, 1.807) is 12.1 Å². The Morgan fingerprint density at radius 1 is 1.23 bits per heavy atom. The number of hydrogen-bond acceptors (Lipinski definition) is 4. The minimum absolute atomic E-state index is 0.0873. The Bertz CT molecular complexity index is 852. The molecule has 0 aliphatic heterocycles. The predicted octanol–water partition coefficient (Wildman–Crippen LogP) is 2.58. The van der Waals surface area contributed by atoms with Crippen LogP contribution in [0.3, 0.4) is 0 Å². The Labute approximate surface area is 141 Å². The molecule has 0 aromatic heterocycles. The van der Waals surface area contributed by atoms with Gasteiger partial charge >= 0.3 is 0 Å². The van der Waals surface area contributed by atoms with Crippen molar-refractivity contribution in [1.29, 1.82) is 0 Å². The number of carbonyl (C=O) groups excluding carboxylic acids is 1. The first-order valence-corrected chi connectivity index (χ1v) is 8.66. The van der Waals surface area contributed by atoms with Gasteiger partial charge in [0.2, 0.25) is 0 Å². The van der Waals surface area contributed by atoms with Gasteiger partial charge in [-0.1, -0.05) is 17.7 Å². The predicted molar refractivity (Wildman–Crippen MR) is 85.5 cm³/mol. The summed E-state index contributed by atoms with van der Waals surface area (Å²) in [6.45, 7) is 1.82. The zero-order valence-electron chi connectivity index (χ0n) is 11.3. The smallest absolute Gasteiger partial charge is 0.261 e. The van der Waals surface area contributed by atoms with E-state index in [0.717, 1.165) is 11.6 Å². The number of rotatable bonds is 4. The van der Waals surface area contributed by atoms with Gasteiger partial charge in [0.1, 0.15) is 0 Å². The molecule has 0 radical (unpaired) electrons. The number of carboxylic acids is 1. The lowest BCUT2D eigenvalue weighted by molar-refractivity contribution is -0.255. The Morgan fingerprint density at radius 3 is 2.55 bits per heavy atom. The summed E-state index contributed by atoms with van der Waals surface area (Å²) in [6, 6.07) is 8.56. The molecule has 0 unspecified atom stereocenters. The van der Waals surface area contributed by atoms with Crippen molar-refractivity contribution >= 4 is 49.2 Å². The molecule has 0 heterocycles. The van der Waals surface area contributed by atoms with Crippen LogP contribution in [0.15, 0.2) is 45.8 Å². The lowest BCUT2D eigenvalue weighted by Gasteiger charge is -2.12. The molecule has 22 heavy (non-hydrogen) atoms. The number of sulfonamides is 1. The van der Waals surface area contributed by atoms with Gasteiger partial charge < -0.3 is 9.90 Å². The van der Waals surface area contributed by atoms with Gasteiger partial charge in [-0.2, -0.15) is 0 Å². The van der Waals surface area contributed by atoms with Gasteiger partial charge in [-0.15, -0.1) is 0 Å². The van der Waals surface area contributed by atoms with Crippen LogP contribution in [0.2, 0.25) is 5.02 Å². The fraction of sp³-hybridized carbons (Fsp3) is 0.0714. The van der Waals surface area contributed by atoms with E-state index >= 15 is 0 Å². The lowest BCUT2D eigenvalue weighted by Crippen LogP contribution is -2.23. The number of carboxylic acid groups (broad SMARTS) is 1. The van der Waals surface area contributed by atoms with Crippen LogP contribution in [0.1, 0.15) is 15.9 Å². The molecule has 0 spiro atoms. The van der Waals surface area contributed by atoms with Crippen molar-refractivity contribution in [2.75, 3.05) is 4.72 Å². The van der Waals surface area contributed by atoms with Crippen molar-refractivity contribution in [3.8, 4) is 0 Å². The van der Waals surface area contributed by atoms with Crippen molar-refractivity contribution in [1.82, 2.24) is 0 Å². The molecule has 116 valence electrons. The molecule has 0 bridgehead atoms. The molecule has 0 fully saturated rings. The SMILES string of the molecule is Cc1ccc(Br)c(NS(=O)(=O)c2ccc(Cl)c(C(=O)[O-])c2)c1. The second-order valence-corrected chi connectivity index (χ2v) is 7.46. The Balaban J connectivity index is 2.45. The number of aryl methyl sites for hydroxylation is 1. The fourth-order valence-electron chi connectivity index (χ4n) is 1.75. The second-order valence-electron chi connectivity index (χ2n) is 4.52. The van der Waals surface area contributed by atoms with Crippen molar-refractivity contribution in [2.45, 2.75) is 11.8 Å². The summed E-state index contributed by atoms with van der Waals surface area (Å²) < 4.78 is 27.7. The van der Waals surface area contributed by atoms with Crippen LogP contribution >= 0.6 is 27.5 Å². The van der Waals surface area contributed by atoms with Gasteiger partial charge in [0.05, 0.1) is 16.6 Å². The molecule has 0 atom stereocenters. The molecule has 0 amide bonds. The van der Waals surface area contributed by atoms with E-state index in [4.69, 9.17) is 11.6 Å². The van der Waals surface area contributed by atoms with Crippen LogP contribution in [0.5, 0.6) is 0 Å². The minimum atomic E-state index is -3.96. The normalized spacial score (nSPS) is 11.2. The van der Waals surface area contributed by atoms with Gasteiger partial charge in [-0.25, -0.2) is 8.42 Å². The van der Waals surface area contributed by atoms with E-state index < -0.39 is 16.0 Å². The number of anilines is 1. The third kappa shape index (κ3) is 3.60. The molecule has 0 saturated carbocycles. The van der Waals surface area contributed by atoms with Crippen LogP contribution in [0, 0.1) is 6.92 Å². The Hall–Kier alpha value is -1.57. The summed E-state index contributed by atoms with van der Waals surface area (Å²) in [4.78, 5) is 10.7. The quantitative estimate of drug-likeness (QED) is 0.850. The molecule has 0 aliphatic carbocycles. The summed E-state index contributed by atoms with van der Waals surface area (Å²) in [5.41, 5.74) is 0.838. The van der Waals surface area contributed by atoms with E-state index in [1.807, 2.05) is 13.0 Å². The number of benzene rings is 2. The summed E-state index contributed by atoms with van der Waals surface area (Å²) >= 11 is 8.96. The molecule has 0 aliphatic rings. The van der Waals surface area contributed by atoms with E-state index in [9.17, 15) is 18.3 Å². The van der Waals surface area contributed by atoms with E-state index in [0.29, 0.717) is 10.2 Å². The lowest BCUT2D eigenvalue weighted by atomic mass is 10.2. The van der Waals surface area contributed by atoms with E-state index in [1.165, 1.54) is 12.1 Å². The largest absolute Gasteiger partial charge is 0.545 e. The highest BCUT2D eigenvalue weighted by Gasteiger charge is 2.17. The first kappa shape index (κ1) is 16.8. The highest BCUT2D eigenvalue weighted by molar-refractivity contribution is 9.10. The molecule has 5 nitrogen and oxygen atoms in total. The third-order valence-corrected chi connectivity index (χ3v) is 5.22. The number of hydrogen-bond donors (Lipinski definition) is 1. The summed E-state index contributed by atoms with van der Waals surface area (Å²) in [5.74, 6) is -1.54. The maximum Gasteiger partial charge on any atom is 0.261 e. The van der Waals surface area contributed by atoms with Crippen LogP contribution < -0.4 is 9.83 Å². The van der Waals surface area contributed by atoms with Gasteiger partial charge in [0.25, 0.3) is 10.0 Å². The summed E-state index contributed by atoms with van der Waals surface area (Å²) in [7, 11) is -3.96. The Kier molecular flexibility index (Phi) is 4.79. The standard InChI is InChI=1S/C14H11BrClNO4S/c1-8-2-4-11(15)13(6-8)17-22(20,21)9-3-5-12(16)10(7-9)14(18)19/h2-7,17H,1H3,(H,18,19)/p-1. The molecule has 2 aromatic rings. The first-order chi connectivity index (χ1) is 10.2. The van der Waals surface area contributed by atoms with Crippen LogP contribution in [0.25, 0.3) is 0 Å². The highest BCUT2D eigenvalue weighted by atomic mass is 79.9. The van der Waals surface area contributed by atoms with Crippen molar-refractivity contribution in [2.24, 2.45) is 0 Å². The molecule has 8 heteroatoms. The molecule has 0 saturated heterocycles. The number of halogens is 2. The maximum absolute atomic E-state index is 12.4. The van der Waals surface area contributed by atoms with Gasteiger partial charge in [-0.05, 0) is 58.7 Å². The molecule has 2 rings (SSSR count). The van der Waals surface area contributed by atoms with Crippen LogP contribution in [-0.4, -0.2) is 14.4 Å². The van der Waals surface area contributed by atoms with Crippen molar-refractivity contribution < 1.29 is 18.3 Å². The van der Waals surface area contributed by atoms with E-state index in [2.05, 4.69) is 20.7 Å². The zero-order valence-corrected chi connectivity index (χ0v) is 14.4. The zero-order chi connectivity index (χ0) is 16.5. The molecule has 1 N–H and O–H groups in total. The molecule has 2 aromatic carbocycles. The maximum atomic E-state index is 12.4. The Morgan fingerprint density at radius 2 is 1.91 bits per heavy atom. The van der Waals surface area contributed by atoms with Crippen molar-refractivity contribution in [3.05, 3.63) is 57.0 Å². The van der Waals surface area contributed by atoms with Gasteiger partial charge in [0, 0.05) is 15.1 Å². The number of nitrogens with one attached hydrogen (secondary N) is 1. The summed E-state index contributed by atoms with van der Waals surface area (Å²) in [6.07, 6.45) is 0. The molecular weight excluding hydrogens is 394 g/mol.